The number of pyridine rings is 1. The van der Waals surface area contributed by atoms with Crippen LogP contribution in [-0.4, -0.2) is 15.0 Å². The van der Waals surface area contributed by atoms with Crippen LogP contribution in [0.1, 0.15) is 18.2 Å². The fraction of sp³-hybridized carbons (Fsp3) is 0.188. The lowest BCUT2D eigenvalue weighted by Crippen LogP contribution is -2.13. The van der Waals surface area contributed by atoms with Gasteiger partial charge in [-0.05, 0) is 37.6 Å². The van der Waals surface area contributed by atoms with E-state index >= 15 is 0 Å². The summed E-state index contributed by atoms with van der Waals surface area (Å²) < 4.78 is 0. The Bertz CT molecular complexity index is 773. The van der Waals surface area contributed by atoms with Crippen LogP contribution in [0.25, 0.3) is 22.3 Å². The number of rotatable bonds is 3. The highest BCUT2D eigenvalue weighted by atomic mass is 15.3. The first kappa shape index (κ1) is 13.5. The molecular formula is C16H17N5. The molecule has 0 unspecified atom stereocenters. The zero-order chi connectivity index (χ0) is 14.8. The molecule has 1 aromatic carbocycles. The molecule has 0 amide bonds. The summed E-state index contributed by atoms with van der Waals surface area (Å²) in [6, 6.07) is 9.97. The average Bonchev–Trinajstić information content (AvgIpc) is 2.54. The molecular weight excluding hydrogens is 262 g/mol. The van der Waals surface area contributed by atoms with Gasteiger partial charge < -0.3 is 5.43 Å². The lowest BCUT2D eigenvalue weighted by Gasteiger charge is -2.11. The van der Waals surface area contributed by atoms with Crippen molar-refractivity contribution in [2.45, 2.75) is 20.3 Å². The molecule has 0 aliphatic heterocycles. The molecule has 0 saturated heterocycles. The third kappa shape index (κ3) is 2.43. The van der Waals surface area contributed by atoms with Gasteiger partial charge in [0.25, 0.3) is 0 Å². The van der Waals surface area contributed by atoms with Gasteiger partial charge in [0.05, 0.1) is 5.52 Å². The molecule has 0 aliphatic carbocycles. The van der Waals surface area contributed by atoms with Gasteiger partial charge in [0, 0.05) is 28.4 Å². The van der Waals surface area contributed by atoms with E-state index in [4.69, 9.17) is 5.84 Å². The highest BCUT2D eigenvalue weighted by Gasteiger charge is 2.11. The van der Waals surface area contributed by atoms with Crippen LogP contribution in [0.3, 0.4) is 0 Å². The number of hydrazine groups is 1. The number of hydrogen-bond acceptors (Lipinski definition) is 5. The van der Waals surface area contributed by atoms with Gasteiger partial charge >= 0.3 is 0 Å². The average molecular weight is 279 g/mol. The lowest BCUT2D eigenvalue weighted by molar-refractivity contribution is 0.973. The fourth-order valence-electron chi connectivity index (χ4n) is 2.39. The SMILES string of the molecule is CCc1nc(-c2ccc3ncccc3c2)nc(NN)c1C. The molecule has 2 heterocycles. The normalized spacial score (nSPS) is 10.8. The Morgan fingerprint density at radius 2 is 2.05 bits per heavy atom. The molecule has 3 rings (SSSR count). The minimum absolute atomic E-state index is 0.670. The summed E-state index contributed by atoms with van der Waals surface area (Å²) in [7, 11) is 0. The number of nitrogens with zero attached hydrogens (tertiary/aromatic N) is 3. The molecule has 0 fully saturated rings. The Labute approximate surface area is 123 Å². The Morgan fingerprint density at radius 3 is 2.81 bits per heavy atom. The maximum Gasteiger partial charge on any atom is 0.161 e. The van der Waals surface area contributed by atoms with Gasteiger partial charge in [-0.3, -0.25) is 4.98 Å². The number of nitrogen functional groups attached to an aromatic ring is 1. The topological polar surface area (TPSA) is 76.7 Å². The van der Waals surface area contributed by atoms with Crippen molar-refractivity contribution in [2.24, 2.45) is 5.84 Å². The zero-order valence-electron chi connectivity index (χ0n) is 12.1. The highest BCUT2D eigenvalue weighted by Crippen LogP contribution is 2.24. The molecule has 0 atom stereocenters. The molecule has 2 aromatic heterocycles. The molecule has 0 bridgehead atoms. The van der Waals surface area contributed by atoms with Crippen molar-refractivity contribution in [2.75, 3.05) is 5.43 Å². The maximum absolute atomic E-state index is 5.56. The van der Waals surface area contributed by atoms with Crippen LogP contribution < -0.4 is 11.3 Å². The molecule has 106 valence electrons. The van der Waals surface area contributed by atoms with E-state index in [-0.39, 0.29) is 0 Å². The van der Waals surface area contributed by atoms with Crippen molar-refractivity contribution in [1.82, 2.24) is 15.0 Å². The van der Waals surface area contributed by atoms with Crippen molar-refractivity contribution in [3.63, 3.8) is 0 Å². The van der Waals surface area contributed by atoms with Crippen LogP contribution in [0.5, 0.6) is 0 Å². The zero-order valence-corrected chi connectivity index (χ0v) is 12.1. The molecule has 3 aromatic rings. The Morgan fingerprint density at radius 1 is 1.19 bits per heavy atom. The molecule has 0 spiro atoms. The predicted octanol–water partition coefficient (Wildman–Crippen LogP) is 2.85. The second kappa shape index (κ2) is 5.46. The third-order valence-electron chi connectivity index (χ3n) is 3.58. The summed E-state index contributed by atoms with van der Waals surface area (Å²) in [5, 5.41) is 1.07. The van der Waals surface area contributed by atoms with Gasteiger partial charge in [-0.2, -0.15) is 0 Å². The van der Waals surface area contributed by atoms with Crippen LogP contribution in [0.4, 0.5) is 5.82 Å². The van der Waals surface area contributed by atoms with Gasteiger partial charge in [-0.15, -0.1) is 0 Å². The number of anilines is 1. The Hall–Kier alpha value is -2.53. The number of nitrogens with two attached hydrogens (primary N) is 1. The van der Waals surface area contributed by atoms with E-state index in [0.29, 0.717) is 11.6 Å². The number of fused-ring (bicyclic) bond motifs is 1. The highest BCUT2D eigenvalue weighted by molar-refractivity contribution is 5.83. The van der Waals surface area contributed by atoms with E-state index < -0.39 is 0 Å². The van der Waals surface area contributed by atoms with Gasteiger partial charge in [-0.1, -0.05) is 13.0 Å². The number of hydrogen-bond donors (Lipinski definition) is 2. The number of benzene rings is 1. The first-order valence-corrected chi connectivity index (χ1v) is 6.92. The molecule has 21 heavy (non-hydrogen) atoms. The van der Waals surface area contributed by atoms with E-state index in [1.165, 1.54) is 0 Å². The van der Waals surface area contributed by atoms with E-state index in [2.05, 4.69) is 27.3 Å². The van der Waals surface area contributed by atoms with Gasteiger partial charge in [0.1, 0.15) is 5.82 Å². The third-order valence-corrected chi connectivity index (χ3v) is 3.58. The van der Waals surface area contributed by atoms with Crippen molar-refractivity contribution in [3.05, 3.63) is 47.8 Å². The standard InChI is InChI=1S/C16H17N5/c1-3-13-10(2)15(21-17)20-16(19-13)12-6-7-14-11(9-12)5-4-8-18-14/h4-9H,3,17H2,1-2H3,(H,19,20,21). The largest absolute Gasteiger partial charge is 0.308 e. The number of nitrogens with one attached hydrogen (secondary N) is 1. The van der Waals surface area contributed by atoms with Crippen molar-refractivity contribution in [1.29, 1.82) is 0 Å². The van der Waals surface area contributed by atoms with Crippen molar-refractivity contribution in [3.8, 4) is 11.4 Å². The van der Waals surface area contributed by atoms with Gasteiger partial charge in [0.15, 0.2) is 5.82 Å². The second-order valence-electron chi connectivity index (χ2n) is 4.88. The number of aromatic nitrogens is 3. The first-order chi connectivity index (χ1) is 10.2. The molecule has 5 heteroatoms. The summed E-state index contributed by atoms with van der Waals surface area (Å²) in [5.41, 5.74) is 6.56. The monoisotopic (exact) mass is 279 g/mol. The van der Waals surface area contributed by atoms with Crippen LogP contribution in [0, 0.1) is 6.92 Å². The Balaban J connectivity index is 2.17. The summed E-state index contributed by atoms with van der Waals surface area (Å²) in [6.07, 6.45) is 2.63. The molecule has 0 aliphatic rings. The van der Waals surface area contributed by atoms with Crippen LogP contribution >= 0.6 is 0 Å². The molecule has 5 nitrogen and oxygen atoms in total. The molecule has 3 N–H and O–H groups in total. The smallest absolute Gasteiger partial charge is 0.161 e. The van der Waals surface area contributed by atoms with Crippen molar-refractivity contribution < 1.29 is 0 Å². The van der Waals surface area contributed by atoms with Crippen LogP contribution in [0.15, 0.2) is 36.5 Å². The summed E-state index contributed by atoms with van der Waals surface area (Å²) >= 11 is 0. The predicted molar refractivity (Wildman–Crippen MR) is 84.7 cm³/mol. The van der Waals surface area contributed by atoms with E-state index in [1.807, 2.05) is 37.3 Å². The summed E-state index contributed by atoms with van der Waals surface area (Å²) in [4.78, 5) is 13.5. The minimum atomic E-state index is 0.670. The van der Waals surface area contributed by atoms with Gasteiger partial charge in [-0.25, -0.2) is 15.8 Å². The maximum atomic E-state index is 5.56. The van der Waals surface area contributed by atoms with E-state index in [1.54, 1.807) is 6.20 Å². The molecule has 0 radical (unpaired) electrons. The van der Waals surface area contributed by atoms with E-state index in [0.717, 1.165) is 34.1 Å². The summed E-state index contributed by atoms with van der Waals surface area (Å²) in [6.45, 7) is 4.05. The summed E-state index contributed by atoms with van der Waals surface area (Å²) in [5.74, 6) is 6.91. The minimum Gasteiger partial charge on any atom is -0.308 e. The lowest BCUT2D eigenvalue weighted by atomic mass is 10.1. The van der Waals surface area contributed by atoms with Crippen LogP contribution in [-0.2, 0) is 6.42 Å². The first-order valence-electron chi connectivity index (χ1n) is 6.92. The van der Waals surface area contributed by atoms with Crippen molar-refractivity contribution >= 4 is 16.7 Å². The second-order valence-corrected chi connectivity index (χ2v) is 4.88. The van der Waals surface area contributed by atoms with Gasteiger partial charge in [0.2, 0.25) is 0 Å². The number of aryl methyl sites for hydroxylation is 1. The van der Waals surface area contributed by atoms with E-state index in [9.17, 15) is 0 Å². The van der Waals surface area contributed by atoms with Crippen LogP contribution in [0.2, 0.25) is 0 Å². The molecule has 0 saturated carbocycles. The fourth-order valence-corrected chi connectivity index (χ4v) is 2.39. The Kier molecular flexibility index (Phi) is 3.50. The quantitative estimate of drug-likeness (QED) is 0.569.